The second kappa shape index (κ2) is 9.14. The molecule has 2 aromatic carbocycles. The van der Waals surface area contributed by atoms with Crippen molar-refractivity contribution in [2.45, 2.75) is 19.4 Å². The van der Waals surface area contributed by atoms with Crippen LogP contribution in [0, 0.1) is 0 Å². The van der Waals surface area contributed by atoms with Crippen molar-refractivity contribution < 1.29 is 4.79 Å². The fourth-order valence-electron chi connectivity index (χ4n) is 3.45. The van der Waals surface area contributed by atoms with E-state index in [0.29, 0.717) is 5.02 Å². The van der Waals surface area contributed by atoms with E-state index in [9.17, 15) is 4.79 Å². The van der Waals surface area contributed by atoms with Crippen molar-refractivity contribution in [3.8, 4) is 16.9 Å². The minimum absolute atomic E-state index is 0.0131. The van der Waals surface area contributed by atoms with Crippen molar-refractivity contribution in [2.75, 3.05) is 7.05 Å². The Bertz CT molecular complexity index is 1160. The number of pyridine rings is 1. The van der Waals surface area contributed by atoms with E-state index in [1.807, 2.05) is 91.6 Å². The molecule has 0 aliphatic rings. The average Bonchev–Trinajstić information content (AvgIpc) is 3.23. The van der Waals surface area contributed by atoms with E-state index in [-0.39, 0.29) is 18.4 Å². The molecule has 2 heterocycles. The summed E-state index contributed by atoms with van der Waals surface area (Å²) >= 11 is 6.07. The lowest BCUT2D eigenvalue weighted by Gasteiger charge is -2.25. The number of para-hydroxylation sites is 1. The van der Waals surface area contributed by atoms with Gasteiger partial charge < -0.3 is 4.90 Å². The Kier molecular flexibility index (Phi) is 6.14. The van der Waals surface area contributed by atoms with Crippen LogP contribution in [0.4, 0.5) is 0 Å². The number of nitrogens with zero attached hydrogens (tertiary/aromatic N) is 4. The summed E-state index contributed by atoms with van der Waals surface area (Å²) in [6.07, 6.45) is 5.70. The Labute approximate surface area is 186 Å². The molecule has 0 fully saturated rings. The second-order valence-electron chi connectivity index (χ2n) is 7.43. The van der Waals surface area contributed by atoms with Gasteiger partial charge in [-0.15, -0.1) is 0 Å². The molecule has 0 bridgehead atoms. The zero-order valence-electron chi connectivity index (χ0n) is 17.4. The maximum absolute atomic E-state index is 13.2. The maximum atomic E-state index is 13.2. The molecule has 1 unspecified atom stereocenters. The molecule has 6 heteroatoms. The predicted molar refractivity (Wildman–Crippen MR) is 123 cm³/mol. The van der Waals surface area contributed by atoms with Gasteiger partial charge in [0.25, 0.3) is 0 Å². The van der Waals surface area contributed by atoms with Crippen molar-refractivity contribution in [3.05, 3.63) is 101 Å². The molecule has 0 saturated heterocycles. The lowest BCUT2D eigenvalue weighted by molar-refractivity contribution is -0.131. The third-order valence-corrected chi connectivity index (χ3v) is 5.66. The minimum atomic E-state index is -0.0793. The van der Waals surface area contributed by atoms with E-state index in [2.05, 4.69) is 4.98 Å². The molecule has 4 aromatic rings. The van der Waals surface area contributed by atoms with Crippen LogP contribution < -0.4 is 0 Å². The zero-order chi connectivity index (χ0) is 21.8. The predicted octanol–water partition coefficient (Wildman–Crippen LogP) is 5.35. The van der Waals surface area contributed by atoms with Crippen LogP contribution in [-0.4, -0.2) is 32.6 Å². The van der Waals surface area contributed by atoms with Gasteiger partial charge in [-0.1, -0.05) is 48.0 Å². The Morgan fingerprint density at radius 3 is 2.48 bits per heavy atom. The molecule has 2 aromatic heterocycles. The standard InChI is InChI=1S/C25H23ClN4O/c1-18(20-7-6-14-27-16-20)29(2)24(31)15-21-17-30(23-8-4-3-5-9-23)28-25(21)19-10-12-22(26)13-11-19/h3-14,16-18H,15H2,1-2H3. The van der Waals surface area contributed by atoms with Crippen LogP contribution in [0.15, 0.2) is 85.3 Å². The molecule has 0 aliphatic carbocycles. The number of benzene rings is 2. The van der Waals surface area contributed by atoms with Crippen LogP contribution in [0.5, 0.6) is 0 Å². The van der Waals surface area contributed by atoms with Crippen LogP contribution in [0.25, 0.3) is 16.9 Å². The smallest absolute Gasteiger partial charge is 0.227 e. The Balaban J connectivity index is 1.65. The monoisotopic (exact) mass is 430 g/mol. The Morgan fingerprint density at radius 1 is 1.06 bits per heavy atom. The number of carbonyl (C=O) groups is 1. The number of carbonyl (C=O) groups excluding carboxylic acids is 1. The third-order valence-electron chi connectivity index (χ3n) is 5.41. The highest BCUT2D eigenvalue weighted by Gasteiger charge is 2.21. The van der Waals surface area contributed by atoms with Gasteiger partial charge in [-0.05, 0) is 42.8 Å². The van der Waals surface area contributed by atoms with E-state index < -0.39 is 0 Å². The molecular formula is C25H23ClN4O. The zero-order valence-corrected chi connectivity index (χ0v) is 18.2. The van der Waals surface area contributed by atoms with Crippen molar-refractivity contribution in [3.63, 3.8) is 0 Å². The van der Waals surface area contributed by atoms with Gasteiger partial charge in [0.15, 0.2) is 0 Å². The average molecular weight is 431 g/mol. The van der Waals surface area contributed by atoms with Crippen molar-refractivity contribution >= 4 is 17.5 Å². The molecule has 0 aliphatic heterocycles. The first-order chi connectivity index (χ1) is 15.0. The summed E-state index contributed by atoms with van der Waals surface area (Å²) < 4.78 is 1.82. The van der Waals surface area contributed by atoms with Crippen molar-refractivity contribution in [1.29, 1.82) is 0 Å². The number of hydrogen-bond acceptors (Lipinski definition) is 3. The van der Waals surface area contributed by atoms with Gasteiger partial charge in [-0.25, -0.2) is 4.68 Å². The highest BCUT2D eigenvalue weighted by Crippen LogP contribution is 2.27. The molecule has 1 atom stereocenters. The lowest BCUT2D eigenvalue weighted by atomic mass is 10.0. The summed E-state index contributed by atoms with van der Waals surface area (Å²) in [5, 5.41) is 5.45. The molecule has 1 amide bonds. The van der Waals surface area contributed by atoms with Gasteiger partial charge >= 0.3 is 0 Å². The van der Waals surface area contributed by atoms with Gasteiger partial charge in [-0.2, -0.15) is 5.10 Å². The van der Waals surface area contributed by atoms with Gasteiger partial charge in [0.1, 0.15) is 0 Å². The number of rotatable bonds is 6. The molecule has 0 radical (unpaired) electrons. The molecule has 0 N–H and O–H groups in total. The molecule has 4 rings (SSSR count). The topological polar surface area (TPSA) is 51.0 Å². The van der Waals surface area contributed by atoms with Gasteiger partial charge in [0.2, 0.25) is 5.91 Å². The highest BCUT2D eigenvalue weighted by molar-refractivity contribution is 6.30. The number of amides is 1. The highest BCUT2D eigenvalue weighted by atomic mass is 35.5. The molecule has 0 spiro atoms. The second-order valence-corrected chi connectivity index (χ2v) is 7.87. The molecule has 156 valence electrons. The summed E-state index contributed by atoms with van der Waals surface area (Å²) in [4.78, 5) is 19.1. The lowest BCUT2D eigenvalue weighted by Crippen LogP contribution is -2.31. The fourth-order valence-corrected chi connectivity index (χ4v) is 3.58. The molecule has 31 heavy (non-hydrogen) atoms. The first-order valence-electron chi connectivity index (χ1n) is 10.1. The van der Waals surface area contributed by atoms with Crippen LogP contribution in [0.2, 0.25) is 5.02 Å². The SMILES string of the molecule is CC(c1cccnc1)N(C)C(=O)Cc1cn(-c2ccccc2)nc1-c1ccc(Cl)cc1. The maximum Gasteiger partial charge on any atom is 0.227 e. The summed E-state index contributed by atoms with van der Waals surface area (Å²) in [6.45, 7) is 2.00. The van der Waals surface area contributed by atoms with Crippen molar-refractivity contribution in [1.82, 2.24) is 19.7 Å². The van der Waals surface area contributed by atoms with Crippen LogP contribution in [-0.2, 0) is 11.2 Å². The summed E-state index contributed by atoms with van der Waals surface area (Å²) in [5.41, 5.74) is 4.49. The van der Waals surface area contributed by atoms with Crippen LogP contribution in [0.3, 0.4) is 0 Å². The van der Waals surface area contributed by atoms with E-state index in [0.717, 1.165) is 28.1 Å². The number of halogens is 1. The van der Waals surface area contributed by atoms with E-state index >= 15 is 0 Å². The third kappa shape index (κ3) is 4.67. The van der Waals surface area contributed by atoms with Gasteiger partial charge in [0.05, 0.1) is 23.8 Å². The number of likely N-dealkylation sites (N-methyl/N-ethyl adjacent to an activating group) is 1. The quantitative estimate of drug-likeness (QED) is 0.414. The van der Waals surface area contributed by atoms with E-state index in [4.69, 9.17) is 16.7 Å². The van der Waals surface area contributed by atoms with E-state index in [1.54, 1.807) is 17.3 Å². The summed E-state index contributed by atoms with van der Waals surface area (Å²) in [5.74, 6) is 0.0131. The van der Waals surface area contributed by atoms with Crippen LogP contribution in [0.1, 0.15) is 24.1 Å². The van der Waals surface area contributed by atoms with Crippen molar-refractivity contribution in [2.24, 2.45) is 0 Å². The molecular weight excluding hydrogens is 408 g/mol. The Morgan fingerprint density at radius 2 is 1.81 bits per heavy atom. The van der Waals surface area contributed by atoms with E-state index in [1.165, 1.54) is 0 Å². The summed E-state index contributed by atoms with van der Waals surface area (Å²) in [7, 11) is 1.82. The normalized spacial score (nSPS) is 11.8. The molecule has 5 nitrogen and oxygen atoms in total. The number of hydrogen-bond donors (Lipinski definition) is 0. The first-order valence-corrected chi connectivity index (χ1v) is 10.5. The van der Waals surface area contributed by atoms with Gasteiger partial charge in [-0.3, -0.25) is 9.78 Å². The molecule has 0 saturated carbocycles. The first kappa shape index (κ1) is 20.8. The minimum Gasteiger partial charge on any atom is -0.339 e. The summed E-state index contributed by atoms with van der Waals surface area (Å²) in [6, 6.07) is 21.2. The van der Waals surface area contributed by atoms with Gasteiger partial charge in [0, 0.05) is 41.8 Å². The Hall–Kier alpha value is -3.44. The fraction of sp³-hybridized carbons (Fsp3) is 0.160. The van der Waals surface area contributed by atoms with Crippen LogP contribution >= 0.6 is 11.6 Å². The largest absolute Gasteiger partial charge is 0.339 e. The number of aromatic nitrogens is 3.